The number of ether oxygens (including phenoxy) is 1. The summed E-state index contributed by atoms with van der Waals surface area (Å²) >= 11 is 0. The van der Waals surface area contributed by atoms with Crippen molar-refractivity contribution >= 4 is 12.4 Å². The highest BCUT2D eigenvalue weighted by Gasteiger charge is 2.28. The lowest BCUT2D eigenvalue weighted by Gasteiger charge is -2.31. The Morgan fingerprint density at radius 3 is 1.91 bits per heavy atom. The number of nitrogens with one attached hydrogen (secondary N) is 1. The highest BCUT2D eigenvalue weighted by atomic mass is 35.5. The van der Waals surface area contributed by atoms with Crippen LogP contribution in [0.1, 0.15) is 64.3 Å². The van der Waals surface area contributed by atoms with E-state index >= 15 is 0 Å². The summed E-state index contributed by atoms with van der Waals surface area (Å²) in [6, 6.07) is 4.48. The van der Waals surface area contributed by atoms with Crippen LogP contribution in [0.5, 0.6) is 5.75 Å². The molecule has 126 valence electrons. The molecule has 0 bridgehead atoms. The van der Waals surface area contributed by atoms with Gasteiger partial charge in [-0.1, -0.05) is 41.5 Å². The molecule has 3 nitrogen and oxygen atoms in total. The predicted molar refractivity (Wildman–Crippen MR) is 94.3 cm³/mol. The fourth-order valence-electron chi connectivity index (χ4n) is 2.78. The van der Waals surface area contributed by atoms with E-state index in [4.69, 9.17) is 4.74 Å². The van der Waals surface area contributed by atoms with E-state index in [1.165, 1.54) is 5.56 Å². The van der Waals surface area contributed by atoms with Crippen molar-refractivity contribution in [3.05, 3.63) is 28.8 Å². The van der Waals surface area contributed by atoms with Crippen molar-refractivity contribution < 1.29 is 9.84 Å². The van der Waals surface area contributed by atoms with Crippen LogP contribution in [0.2, 0.25) is 0 Å². The Balaban J connectivity index is 0.00000242. The molecule has 2 rings (SSSR count). The smallest absolute Gasteiger partial charge is 0.123 e. The van der Waals surface area contributed by atoms with Crippen LogP contribution in [0.4, 0.5) is 0 Å². The van der Waals surface area contributed by atoms with Crippen LogP contribution >= 0.6 is 12.4 Å². The average Bonchev–Trinajstić information content (AvgIpc) is 2.37. The number of hydrogen-bond donors (Lipinski definition) is 2. The zero-order valence-corrected chi connectivity index (χ0v) is 15.4. The van der Waals surface area contributed by atoms with Gasteiger partial charge in [-0.3, -0.25) is 0 Å². The summed E-state index contributed by atoms with van der Waals surface area (Å²) in [6.07, 6.45) is 0. The molecule has 22 heavy (non-hydrogen) atoms. The second-order valence-corrected chi connectivity index (χ2v) is 8.05. The molecule has 0 amide bonds. The fraction of sp³-hybridized carbons (Fsp3) is 0.667. The standard InChI is InChI=1S/C18H29NO2.ClH/c1-17(2,3)13-9-12(15-11-21-8-7-19-15)10-14(16(13)20)18(4,5)6;/h9-10,15,19-20H,7-8,11H2,1-6H3;1H/t15-;/m1./s1. The average molecular weight is 328 g/mol. The number of rotatable bonds is 1. The van der Waals surface area contributed by atoms with Crippen LogP contribution in [-0.4, -0.2) is 24.9 Å². The van der Waals surface area contributed by atoms with E-state index in [1.807, 2.05) is 0 Å². The van der Waals surface area contributed by atoms with Crippen molar-refractivity contribution in [3.63, 3.8) is 0 Å². The summed E-state index contributed by atoms with van der Waals surface area (Å²) in [6.45, 7) is 15.2. The first-order valence-corrected chi connectivity index (χ1v) is 7.79. The number of halogens is 1. The molecule has 4 heteroatoms. The first-order valence-electron chi connectivity index (χ1n) is 7.79. The molecule has 0 spiro atoms. The van der Waals surface area contributed by atoms with Crippen molar-refractivity contribution in [2.75, 3.05) is 19.8 Å². The number of phenolic OH excluding ortho intramolecular Hbond substituents is 1. The van der Waals surface area contributed by atoms with Gasteiger partial charge in [0.1, 0.15) is 5.75 Å². The van der Waals surface area contributed by atoms with Gasteiger partial charge in [-0.2, -0.15) is 0 Å². The van der Waals surface area contributed by atoms with Crippen LogP contribution in [0.15, 0.2) is 12.1 Å². The van der Waals surface area contributed by atoms with Gasteiger partial charge in [0.05, 0.1) is 19.3 Å². The van der Waals surface area contributed by atoms with Crippen LogP contribution in [0.25, 0.3) is 0 Å². The molecular formula is C18H30ClNO2. The Bertz CT molecular complexity index is 474. The quantitative estimate of drug-likeness (QED) is 0.817. The Morgan fingerprint density at radius 1 is 1.05 bits per heavy atom. The van der Waals surface area contributed by atoms with E-state index in [1.54, 1.807) is 0 Å². The van der Waals surface area contributed by atoms with Crippen molar-refractivity contribution in [1.29, 1.82) is 0 Å². The van der Waals surface area contributed by atoms with E-state index in [9.17, 15) is 5.11 Å². The lowest BCUT2D eigenvalue weighted by Crippen LogP contribution is -2.35. The summed E-state index contributed by atoms with van der Waals surface area (Å²) in [5.74, 6) is 0.440. The van der Waals surface area contributed by atoms with Gasteiger partial charge in [-0.05, 0) is 39.7 Å². The number of aromatic hydroxyl groups is 1. The van der Waals surface area contributed by atoms with Crippen molar-refractivity contribution in [2.24, 2.45) is 0 Å². The summed E-state index contributed by atoms with van der Waals surface area (Å²) in [7, 11) is 0. The van der Waals surface area contributed by atoms with Crippen molar-refractivity contribution in [3.8, 4) is 5.75 Å². The molecular weight excluding hydrogens is 298 g/mol. The van der Waals surface area contributed by atoms with Crippen LogP contribution in [0, 0.1) is 0 Å². The zero-order valence-electron chi connectivity index (χ0n) is 14.6. The largest absolute Gasteiger partial charge is 0.507 e. The van der Waals surface area contributed by atoms with E-state index in [-0.39, 0.29) is 29.3 Å². The highest BCUT2D eigenvalue weighted by molar-refractivity contribution is 5.85. The monoisotopic (exact) mass is 327 g/mol. The Hall–Kier alpha value is -0.770. The molecule has 0 saturated carbocycles. The van der Waals surface area contributed by atoms with Gasteiger partial charge in [0.2, 0.25) is 0 Å². The second-order valence-electron chi connectivity index (χ2n) is 8.05. The zero-order chi connectivity index (χ0) is 15.8. The molecule has 1 fully saturated rings. The number of morpholine rings is 1. The lowest BCUT2D eigenvalue weighted by atomic mass is 9.77. The third kappa shape index (κ3) is 4.15. The lowest BCUT2D eigenvalue weighted by molar-refractivity contribution is 0.0767. The molecule has 0 aliphatic carbocycles. The fourth-order valence-corrected chi connectivity index (χ4v) is 2.78. The molecule has 0 aromatic heterocycles. The first kappa shape index (κ1) is 19.3. The second kappa shape index (κ2) is 6.77. The van der Waals surface area contributed by atoms with Gasteiger partial charge >= 0.3 is 0 Å². The van der Waals surface area contributed by atoms with Gasteiger partial charge < -0.3 is 15.2 Å². The topological polar surface area (TPSA) is 41.5 Å². The number of phenols is 1. The normalized spacial score (nSPS) is 19.6. The molecule has 1 aromatic carbocycles. The number of hydrogen-bond acceptors (Lipinski definition) is 3. The molecule has 1 saturated heterocycles. The maximum atomic E-state index is 10.7. The molecule has 1 aliphatic heterocycles. The molecule has 0 radical (unpaired) electrons. The predicted octanol–water partition coefficient (Wildman–Crippen LogP) is 4.07. The molecule has 1 heterocycles. The maximum Gasteiger partial charge on any atom is 0.123 e. The van der Waals surface area contributed by atoms with Gasteiger partial charge in [0, 0.05) is 6.54 Å². The van der Waals surface area contributed by atoms with Gasteiger partial charge in [0.25, 0.3) is 0 Å². The van der Waals surface area contributed by atoms with Crippen LogP contribution < -0.4 is 5.32 Å². The number of benzene rings is 1. The minimum Gasteiger partial charge on any atom is -0.507 e. The highest BCUT2D eigenvalue weighted by Crippen LogP contribution is 2.40. The Labute approximate surface area is 140 Å². The Morgan fingerprint density at radius 2 is 1.55 bits per heavy atom. The van der Waals surface area contributed by atoms with Crippen molar-refractivity contribution in [1.82, 2.24) is 5.32 Å². The minimum atomic E-state index is -0.0877. The first-order chi connectivity index (χ1) is 9.60. The Kier molecular flexibility index (Phi) is 5.94. The third-order valence-electron chi connectivity index (χ3n) is 4.07. The summed E-state index contributed by atoms with van der Waals surface area (Å²) < 4.78 is 5.59. The van der Waals surface area contributed by atoms with E-state index in [0.29, 0.717) is 12.4 Å². The molecule has 1 aromatic rings. The SMILES string of the molecule is CC(C)(C)c1cc([C@H]2COCCN2)cc(C(C)(C)C)c1O.Cl. The van der Waals surface area contributed by atoms with Crippen LogP contribution in [0.3, 0.4) is 0 Å². The molecule has 2 N–H and O–H groups in total. The molecule has 1 atom stereocenters. The molecule has 1 aliphatic rings. The summed E-state index contributed by atoms with van der Waals surface area (Å²) in [4.78, 5) is 0. The van der Waals surface area contributed by atoms with Gasteiger partial charge in [-0.15, -0.1) is 12.4 Å². The maximum absolute atomic E-state index is 10.7. The van der Waals surface area contributed by atoms with E-state index < -0.39 is 0 Å². The van der Waals surface area contributed by atoms with E-state index in [2.05, 4.69) is 59.0 Å². The third-order valence-corrected chi connectivity index (χ3v) is 4.07. The summed E-state index contributed by atoms with van der Waals surface area (Å²) in [5.41, 5.74) is 3.06. The van der Waals surface area contributed by atoms with Gasteiger partial charge in [-0.25, -0.2) is 0 Å². The molecule has 0 unspecified atom stereocenters. The van der Waals surface area contributed by atoms with E-state index in [0.717, 1.165) is 24.3 Å². The van der Waals surface area contributed by atoms with Gasteiger partial charge in [0.15, 0.2) is 0 Å². The minimum absolute atomic E-state index is 0. The van der Waals surface area contributed by atoms with Crippen molar-refractivity contribution in [2.45, 2.75) is 58.4 Å². The van der Waals surface area contributed by atoms with Crippen LogP contribution in [-0.2, 0) is 15.6 Å². The summed E-state index contributed by atoms with van der Waals surface area (Å²) in [5, 5.41) is 14.2.